The maximum atomic E-state index is 11.8. The quantitative estimate of drug-likeness (QED) is 0.502. The Morgan fingerprint density at radius 3 is 2.76 bits per heavy atom. The van der Waals surface area contributed by atoms with Gasteiger partial charge in [-0.05, 0) is 35.9 Å². The summed E-state index contributed by atoms with van der Waals surface area (Å²) >= 11 is 3.32. The van der Waals surface area contributed by atoms with E-state index in [1.165, 1.54) is 10.1 Å². The number of esters is 1. The Hall–Kier alpha value is -1.91. The first kappa shape index (κ1) is 14.0. The summed E-state index contributed by atoms with van der Waals surface area (Å²) in [4.78, 5) is 14.0. The highest BCUT2D eigenvalue weighted by atomic mass is 32.1. The van der Waals surface area contributed by atoms with E-state index < -0.39 is 0 Å². The van der Waals surface area contributed by atoms with Crippen LogP contribution in [0.2, 0.25) is 0 Å². The average molecular weight is 314 g/mol. The third kappa shape index (κ3) is 3.06. The fraction of sp³-hybridized carbons (Fsp3) is 0.118. The van der Waals surface area contributed by atoms with Crippen LogP contribution in [0.3, 0.4) is 0 Å². The summed E-state index contributed by atoms with van der Waals surface area (Å²) in [6.07, 6.45) is 1.60. The molecule has 0 aliphatic heterocycles. The van der Waals surface area contributed by atoms with Crippen LogP contribution in [-0.4, -0.2) is 12.6 Å². The van der Waals surface area contributed by atoms with Crippen LogP contribution < -0.4 is 0 Å². The Bertz CT molecular complexity index is 749. The second-order valence-electron chi connectivity index (χ2n) is 4.44. The van der Waals surface area contributed by atoms with Gasteiger partial charge in [0, 0.05) is 26.1 Å². The molecule has 0 aliphatic carbocycles. The summed E-state index contributed by atoms with van der Waals surface area (Å²) in [5, 5.41) is 3.21. The zero-order chi connectivity index (χ0) is 14.7. The molecule has 4 heteroatoms. The van der Waals surface area contributed by atoms with E-state index in [2.05, 4.69) is 18.2 Å². The van der Waals surface area contributed by atoms with Crippen molar-refractivity contribution in [1.82, 2.24) is 0 Å². The van der Waals surface area contributed by atoms with Crippen LogP contribution in [0, 0.1) is 0 Å². The fourth-order valence-electron chi connectivity index (χ4n) is 2.11. The molecule has 0 fully saturated rings. The molecule has 0 unspecified atom stereocenters. The minimum absolute atomic E-state index is 0.293. The molecule has 0 spiro atoms. The Morgan fingerprint density at radius 2 is 2.05 bits per heavy atom. The first-order valence-electron chi connectivity index (χ1n) is 6.69. The number of rotatable bonds is 4. The highest BCUT2D eigenvalue weighted by Gasteiger charge is 2.12. The summed E-state index contributed by atoms with van der Waals surface area (Å²) in [5.74, 6) is -0.293. The molecule has 0 saturated carbocycles. The van der Waals surface area contributed by atoms with E-state index in [9.17, 15) is 4.79 Å². The van der Waals surface area contributed by atoms with Gasteiger partial charge in [0.25, 0.3) is 0 Å². The molecule has 2 aromatic heterocycles. The number of benzene rings is 1. The van der Waals surface area contributed by atoms with E-state index in [0.29, 0.717) is 6.61 Å². The van der Waals surface area contributed by atoms with Crippen molar-refractivity contribution in [1.29, 1.82) is 0 Å². The van der Waals surface area contributed by atoms with E-state index in [4.69, 9.17) is 4.74 Å². The number of hydrogen-bond acceptors (Lipinski definition) is 4. The smallest absolute Gasteiger partial charge is 0.331 e. The topological polar surface area (TPSA) is 26.3 Å². The Labute approximate surface area is 131 Å². The van der Waals surface area contributed by atoms with Crippen LogP contribution in [0.4, 0.5) is 0 Å². The molecule has 3 rings (SSSR count). The molecule has 0 aliphatic rings. The Kier molecular flexibility index (Phi) is 4.18. The van der Waals surface area contributed by atoms with E-state index in [1.54, 1.807) is 28.7 Å². The van der Waals surface area contributed by atoms with Gasteiger partial charge in [0.1, 0.15) is 0 Å². The maximum Gasteiger partial charge on any atom is 0.331 e. The molecule has 2 nitrogen and oxygen atoms in total. The molecule has 0 amide bonds. The van der Waals surface area contributed by atoms with Crippen LogP contribution in [0.5, 0.6) is 0 Å². The van der Waals surface area contributed by atoms with Crippen LogP contribution >= 0.6 is 22.7 Å². The van der Waals surface area contributed by atoms with Crippen molar-refractivity contribution in [3.63, 3.8) is 0 Å². The van der Waals surface area contributed by atoms with Crippen molar-refractivity contribution < 1.29 is 9.53 Å². The fourth-order valence-corrected chi connectivity index (χ4v) is 4.03. The van der Waals surface area contributed by atoms with Gasteiger partial charge in [-0.3, -0.25) is 0 Å². The zero-order valence-electron chi connectivity index (χ0n) is 11.5. The average Bonchev–Trinajstić information content (AvgIpc) is 3.14. The van der Waals surface area contributed by atoms with Gasteiger partial charge in [0.15, 0.2) is 0 Å². The monoisotopic (exact) mass is 314 g/mol. The van der Waals surface area contributed by atoms with Crippen molar-refractivity contribution >= 4 is 44.3 Å². The molecule has 3 aromatic rings. The third-order valence-corrected chi connectivity index (χ3v) is 5.08. The Morgan fingerprint density at radius 1 is 1.19 bits per heavy atom. The van der Waals surface area contributed by atoms with Crippen LogP contribution in [0.1, 0.15) is 16.7 Å². The molecule has 1 aromatic carbocycles. The van der Waals surface area contributed by atoms with Crippen molar-refractivity contribution in [2.75, 3.05) is 6.61 Å². The van der Waals surface area contributed by atoms with Crippen LogP contribution in [0.25, 0.3) is 15.7 Å². The molecule has 0 atom stereocenters. The number of ether oxygens (including phenoxy) is 1. The summed E-state index contributed by atoms with van der Waals surface area (Å²) in [6, 6.07) is 14.4. The van der Waals surface area contributed by atoms with Gasteiger partial charge in [-0.15, -0.1) is 22.7 Å². The minimum atomic E-state index is -0.293. The lowest BCUT2D eigenvalue weighted by molar-refractivity contribution is -0.137. The minimum Gasteiger partial charge on any atom is -0.463 e. The number of fused-ring (bicyclic) bond motifs is 1. The molecule has 0 radical (unpaired) electrons. The standard InChI is InChI=1S/C17H14O2S2/c1-2-19-17(18)11-13(15-8-5-9-20-15)16-10-12-6-3-4-7-14(12)21-16/h3-11H,2H2,1H3/b13-11+. The summed E-state index contributed by atoms with van der Waals surface area (Å²) in [5.41, 5.74) is 0.935. The van der Waals surface area contributed by atoms with Gasteiger partial charge in [-0.1, -0.05) is 24.3 Å². The van der Waals surface area contributed by atoms with E-state index in [-0.39, 0.29) is 5.97 Å². The zero-order valence-corrected chi connectivity index (χ0v) is 13.2. The van der Waals surface area contributed by atoms with Crippen LogP contribution in [-0.2, 0) is 9.53 Å². The lowest BCUT2D eigenvalue weighted by atomic mass is 10.1. The van der Waals surface area contributed by atoms with Gasteiger partial charge in [0.2, 0.25) is 0 Å². The summed E-state index contributed by atoms with van der Waals surface area (Å²) in [6.45, 7) is 2.20. The number of carbonyl (C=O) groups is 1. The molecule has 2 heterocycles. The molecular weight excluding hydrogens is 300 g/mol. The molecule has 0 saturated heterocycles. The second-order valence-corrected chi connectivity index (χ2v) is 6.47. The van der Waals surface area contributed by atoms with Gasteiger partial charge >= 0.3 is 5.97 Å². The molecule has 0 N–H and O–H groups in total. The van der Waals surface area contributed by atoms with E-state index in [0.717, 1.165) is 15.3 Å². The van der Waals surface area contributed by atoms with E-state index in [1.807, 2.05) is 36.6 Å². The predicted octanol–water partition coefficient (Wildman–Crippen LogP) is 4.96. The lowest BCUT2D eigenvalue weighted by Gasteiger charge is -2.02. The maximum absolute atomic E-state index is 11.8. The van der Waals surface area contributed by atoms with Gasteiger partial charge in [-0.2, -0.15) is 0 Å². The largest absolute Gasteiger partial charge is 0.463 e. The molecule has 106 valence electrons. The first-order valence-corrected chi connectivity index (χ1v) is 8.39. The van der Waals surface area contributed by atoms with Gasteiger partial charge < -0.3 is 4.74 Å². The lowest BCUT2D eigenvalue weighted by Crippen LogP contribution is -2.00. The van der Waals surface area contributed by atoms with Crippen molar-refractivity contribution in [3.05, 3.63) is 63.7 Å². The van der Waals surface area contributed by atoms with Gasteiger partial charge in [0.05, 0.1) is 6.61 Å². The number of hydrogen-bond donors (Lipinski definition) is 0. The summed E-state index contributed by atoms with van der Waals surface area (Å²) in [7, 11) is 0. The Balaban J connectivity index is 2.08. The second kappa shape index (κ2) is 6.24. The predicted molar refractivity (Wildman–Crippen MR) is 89.9 cm³/mol. The van der Waals surface area contributed by atoms with Crippen LogP contribution in [0.15, 0.2) is 53.9 Å². The highest BCUT2D eigenvalue weighted by Crippen LogP contribution is 2.35. The molecular formula is C17H14O2S2. The van der Waals surface area contributed by atoms with Crippen molar-refractivity contribution in [2.24, 2.45) is 0 Å². The number of carbonyl (C=O) groups excluding carboxylic acids is 1. The number of thiophene rings is 2. The third-order valence-electron chi connectivity index (χ3n) is 3.03. The van der Waals surface area contributed by atoms with Gasteiger partial charge in [-0.25, -0.2) is 4.79 Å². The van der Waals surface area contributed by atoms with Crippen molar-refractivity contribution in [2.45, 2.75) is 6.92 Å². The first-order chi connectivity index (χ1) is 10.3. The molecule has 21 heavy (non-hydrogen) atoms. The van der Waals surface area contributed by atoms with Crippen molar-refractivity contribution in [3.8, 4) is 0 Å². The normalized spacial score (nSPS) is 11.8. The molecule has 0 bridgehead atoms. The highest BCUT2D eigenvalue weighted by molar-refractivity contribution is 7.20. The van der Waals surface area contributed by atoms with E-state index >= 15 is 0 Å². The SMILES string of the molecule is CCOC(=O)/C=C(\c1cccs1)c1cc2ccccc2s1. The summed E-state index contributed by atoms with van der Waals surface area (Å²) < 4.78 is 6.28.